The number of rotatable bonds is 8. The van der Waals surface area contributed by atoms with Crippen molar-refractivity contribution in [2.45, 2.75) is 90.8 Å². The average Bonchev–Trinajstić information content (AvgIpc) is 3.56. The van der Waals surface area contributed by atoms with Gasteiger partial charge in [0.15, 0.2) is 0 Å². The molecule has 0 radical (unpaired) electrons. The molecule has 2 saturated heterocycles. The average molecular weight is 530 g/mol. The maximum absolute atomic E-state index is 14.1. The van der Waals surface area contributed by atoms with Crippen molar-refractivity contribution in [1.29, 1.82) is 0 Å². The van der Waals surface area contributed by atoms with E-state index in [9.17, 15) is 19.2 Å². The number of benzene rings is 1. The number of hydrogen-bond donors (Lipinski definition) is 2. The van der Waals surface area contributed by atoms with Crippen molar-refractivity contribution in [3.05, 3.63) is 29.3 Å². The molecule has 0 spiro atoms. The Bertz CT molecular complexity index is 1100. The van der Waals surface area contributed by atoms with Crippen molar-refractivity contribution in [1.82, 2.24) is 15.5 Å². The highest BCUT2D eigenvalue weighted by Gasteiger charge is 2.54. The van der Waals surface area contributed by atoms with Gasteiger partial charge < -0.3 is 29.7 Å². The molecular weight excluding hydrogens is 490 g/mol. The third kappa shape index (κ3) is 5.36. The van der Waals surface area contributed by atoms with E-state index in [0.717, 1.165) is 19.3 Å². The summed E-state index contributed by atoms with van der Waals surface area (Å²) in [5.74, 6) is -0.798. The fourth-order valence-corrected chi connectivity index (χ4v) is 5.97. The highest BCUT2D eigenvalue weighted by molar-refractivity contribution is 6.00. The zero-order chi connectivity index (χ0) is 27.8. The lowest BCUT2D eigenvalue weighted by atomic mass is 9.84. The summed E-state index contributed by atoms with van der Waals surface area (Å²) in [5, 5.41) is 5.88. The molecule has 3 amide bonds. The van der Waals surface area contributed by atoms with Gasteiger partial charge in [-0.1, -0.05) is 26.8 Å². The molecule has 1 unspecified atom stereocenters. The number of likely N-dealkylation sites (tertiary alicyclic amines) is 1. The van der Waals surface area contributed by atoms with E-state index in [0.29, 0.717) is 23.5 Å². The van der Waals surface area contributed by atoms with Crippen LogP contribution >= 0.6 is 0 Å². The molecule has 6 atom stereocenters. The number of nitrogens with one attached hydrogen (secondary N) is 2. The zero-order valence-corrected chi connectivity index (χ0v) is 23.0. The molecule has 3 fully saturated rings. The molecule has 2 N–H and O–H groups in total. The minimum Gasteiger partial charge on any atom is -0.496 e. The van der Waals surface area contributed by atoms with Crippen LogP contribution in [0.5, 0.6) is 5.75 Å². The number of carbonyl (C=O) groups excluding carboxylic acids is 4. The number of fused-ring (bicyclic) bond motifs is 2. The van der Waals surface area contributed by atoms with E-state index >= 15 is 0 Å². The number of carbonyl (C=O) groups is 4. The maximum atomic E-state index is 14.1. The Kier molecular flexibility index (Phi) is 8.01. The van der Waals surface area contributed by atoms with Crippen LogP contribution in [-0.2, 0) is 23.9 Å². The first-order valence-corrected chi connectivity index (χ1v) is 13.3. The van der Waals surface area contributed by atoms with Gasteiger partial charge in [-0.05, 0) is 56.6 Å². The molecule has 1 aromatic rings. The summed E-state index contributed by atoms with van der Waals surface area (Å²) in [4.78, 5) is 54.6. The van der Waals surface area contributed by atoms with E-state index in [4.69, 9.17) is 14.2 Å². The standard InChI is InChI=1S/C28H39N3O7/c1-7-37-27-19(14-21(32)38-27)29-25(34)22-16-11-12-17(13-16)31(22)26(35)23(28(3,4)5)30-24(33)18-9-8-10-20(36-6)15(18)2/h8-10,16-17,19,22-23,27H,7,11-14H2,1-6H3,(H,29,34)(H,30,33)/t16-,17+,19?,22-,23+,27-/m0/s1. The van der Waals surface area contributed by atoms with E-state index in [1.807, 2.05) is 20.8 Å². The number of nitrogens with zero attached hydrogens (tertiary/aromatic N) is 1. The van der Waals surface area contributed by atoms with Crippen molar-refractivity contribution in [2.75, 3.05) is 13.7 Å². The van der Waals surface area contributed by atoms with Gasteiger partial charge in [-0.15, -0.1) is 0 Å². The summed E-state index contributed by atoms with van der Waals surface area (Å²) in [6.07, 6.45) is 1.57. The minimum atomic E-state index is -0.859. The lowest BCUT2D eigenvalue weighted by molar-refractivity contribution is -0.165. The second-order valence-electron chi connectivity index (χ2n) is 11.5. The SMILES string of the molecule is CCO[C@H]1OC(=O)CC1NC(=O)[C@@H]1[C@H]2CC[C@H](C2)N1C(=O)[C@@H](NC(=O)c1cccc(OC)c1C)C(C)(C)C. The predicted molar refractivity (Wildman–Crippen MR) is 138 cm³/mol. The van der Waals surface area contributed by atoms with Crippen LogP contribution in [0.15, 0.2) is 18.2 Å². The second-order valence-corrected chi connectivity index (χ2v) is 11.5. The highest BCUT2D eigenvalue weighted by atomic mass is 16.7. The largest absolute Gasteiger partial charge is 0.496 e. The summed E-state index contributed by atoms with van der Waals surface area (Å²) in [5.41, 5.74) is 0.493. The minimum absolute atomic E-state index is 0.0180. The summed E-state index contributed by atoms with van der Waals surface area (Å²) >= 11 is 0. The van der Waals surface area contributed by atoms with Crippen molar-refractivity contribution < 1.29 is 33.4 Å². The molecule has 1 aromatic carbocycles. The molecular formula is C28H39N3O7. The Morgan fingerprint density at radius 1 is 1.21 bits per heavy atom. The predicted octanol–water partition coefficient (Wildman–Crippen LogP) is 2.32. The number of methoxy groups -OCH3 is 1. The molecule has 1 aliphatic carbocycles. The summed E-state index contributed by atoms with van der Waals surface area (Å²) in [6, 6.07) is 2.99. The molecule has 38 heavy (non-hydrogen) atoms. The van der Waals surface area contributed by atoms with Crippen molar-refractivity contribution in [3.8, 4) is 5.75 Å². The molecule has 4 rings (SSSR count). The number of piperidine rings is 1. The number of amides is 3. The van der Waals surface area contributed by atoms with E-state index in [1.54, 1.807) is 44.1 Å². The Morgan fingerprint density at radius 3 is 2.61 bits per heavy atom. The lowest BCUT2D eigenvalue weighted by Gasteiger charge is -2.40. The molecule has 208 valence electrons. The molecule has 10 heteroatoms. The first-order chi connectivity index (χ1) is 18.0. The second kappa shape index (κ2) is 10.9. The Balaban J connectivity index is 1.56. The number of cyclic esters (lactones) is 1. The van der Waals surface area contributed by atoms with Gasteiger partial charge in [-0.3, -0.25) is 19.2 Å². The van der Waals surface area contributed by atoms with E-state index in [2.05, 4.69) is 10.6 Å². The molecule has 2 heterocycles. The van der Waals surface area contributed by atoms with Crippen LogP contribution in [0.25, 0.3) is 0 Å². The maximum Gasteiger partial charge on any atom is 0.310 e. The number of ether oxygens (including phenoxy) is 3. The van der Waals surface area contributed by atoms with Crippen LogP contribution < -0.4 is 15.4 Å². The topological polar surface area (TPSA) is 123 Å². The lowest BCUT2D eigenvalue weighted by Crippen LogP contribution is -2.62. The Labute approximate surface area is 223 Å². The molecule has 3 aliphatic rings. The van der Waals surface area contributed by atoms with Crippen LogP contribution in [0.2, 0.25) is 0 Å². The van der Waals surface area contributed by atoms with Gasteiger partial charge in [0.1, 0.15) is 23.9 Å². The first kappa shape index (κ1) is 27.9. The quantitative estimate of drug-likeness (QED) is 0.496. The van der Waals surface area contributed by atoms with Gasteiger partial charge in [0.05, 0.1) is 13.5 Å². The molecule has 0 aromatic heterocycles. The third-order valence-electron chi connectivity index (χ3n) is 7.87. The van der Waals surface area contributed by atoms with Crippen LogP contribution in [-0.4, -0.2) is 72.8 Å². The van der Waals surface area contributed by atoms with Crippen LogP contribution in [0, 0.1) is 18.3 Å². The summed E-state index contributed by atoms with van der Waals surface area (Å²) in [6.45, 7) is 9.61. The van der Waals surface area contributed by atoms with Gasteiger partial charge in [0.25, 0.3) is 5.91 Å². The van der Waals surface area contributed by atoms with Gasteiger partial charge >= 0.3 is 5.97 Å². The molecule has 2 bridgehead atoms. The van der Waals surface area contributed by atoms with Gasteiger partial charge in [-0.25, -0.2) is 0 Å². The van der Waals surface area contributed by atoms with Gasteiger partial charge in [0, 0.05) is 23.8 Å². The molecule has 1 saturated carbocycles. The third-order valence-corrected chi connectivity index (χ3v) is 7.87. The molecule has 10 nitrogen and oxygen atoms in total. The van der Waals surface area contributed by atoms with E-state index < -0.39 is 35.8 Å². The van der Waals surface area contributed by atoms with Gasteiger partial charge in [-0.2, -0.15) is 0 Å². The zero-order valence-electron chi connectivity index (χ0n) is 23.0. The fourth-order valence-electron chi connectivity index (χ4n) is 5.97. The molecule has 2 aliphatic heterocycles. The van der Waals surface area contributed by atoms with E-state index in [1.165, 1.54) is 0 Å². The Hall–Kier alpha value is -3.14. The van der Waals surface area contributed by atoms with E-state index in [-0.39, 0.29) is 36.1 Å². The number of hydrogen-bond acceptors (Lipinski definition) is 7. The summed E-state index contributed by atoms with van der Waals surface area (Å²) in [7, 11) is 1.54. The van der Waals surface area contributed by atoms with Crippen LogP contribution in [0.3, 0.4) is 0 Å². The number of esters is 1. The smallest absolute Gasteiger partial charge is 0.310 e. The normalized spacial score (nSPS) is 27.2. The van der Waals surface area contributed by atoms with Crippen molar-refractivity contribution >= 4 is 23.7 Å². The highest BCUT2D eigenvalue weighted by Crippen LogP contribution is 2.44. The first-order valence-electron chi connectivity index (χ1n) is 13.3. The van der Waals surface area contributed by atoms with Crippen molar-refractivity contribution in [3.63, 3.8) is 0 Å². The monoisotopic (exact) mass is 529 g/mol. The van der Waals surface area contributed by atoms with Crippen LogP contribution in [0.4, 0.5) is 0 Å². The summed E-state index contributed by atoms with van der Waals surface area (Å²) < 4.78 is 16.0. The van der Waals surface area contributed by atoms with Gasteiger partial charge in [0.2, 0.25) is 18.1 Å². The Morgan fingerprint density at radius 2 is 1.95 bits per heavy atom. The van der Waals surface area contributed by atoms with Crippen LogP contribution in [0.1, 0.15) is 69.3 Å². The fraction of sp³-hybridized carbons (Fsp3) is 0.643. The van der Waals surface area contributed by atoms with Crippen molar-refractivity contribution in [2.24, 2.45) is 11.3 Å².